The van der Waals surface area contributed by atoms with Gasteiger partial charge in [-0.1, -0.05) is 0 Å². The summed E-state index contributed by atoms with van der Waals surface area (Å²) in [7, 11) is 1.36. The van der Waals surface area contributed by atoms with E-state index in [0.717, 1.165) is 10.9 Å². The van der Waals surface area contributed by atoms with Crippen molar-refractivity contribution in [1.29, 1.82) is 0 Å². The van der Waals surface area contributed by atoms with Gasteiger partial charge in [-0.25, -0.2) is 4.79 Å². The van der Waals surface area contributed by atoms with E-state index in [0.29, 0.717) is 11.1 Å². The van der Waals surface area contributed by atoms with Gasteiger partial charge in [0, 0.05) is 5.39 Å². The van der Waals surface area contributed by atoms with Crippen molar-refractivity contribution >= 4 is 16.9 Å². The van der Waals surface area contributed by atoms with Crippen molar-refractivity contribution in [3.05, 3.63) is 35.6 Å². The largest absolute Gasteiger partial charge is 2.00 e. The van der Waals surface area contributed by atoms with E-state index in [-0.39, 0.29) is 26.4 Å². The third-order valence-corrected chi connectivity index (χ3v) is 2.19. The summed E-state index contributed by atoms with van der Waals surface area (Å²) >= 11 is 0. The van der Waals surface area contributed by atoms with Gasteiger partial charge in [-0.3, -0.25) is 0 Å². The molecule has 15 heavy (non-hydrogen) atoms. The summed E-state index contributed by atoms with van der Waals surface area (Å²) in [6.45, 7) is 1.96. The Bertz CT molecular complexity index is 488. The smallest absolute Gasteiger partial charge is 0.465 e. The molecule has 0 saturated heterocycles. The normalized spacial score (nSPS) is 9.73. The van der Waals surface area contributed by atoms with Gasteiger partial charge in [-0.2, -0.15) is 0 Å². The van der Waals surface area contributed by atoms with Crippen molar-refractivity contribution in [3.8, 4) is 0 Å². The van der Waals surface area contributed by atoms with Gasteiger partial charge in [-0.15, -0.1) is 0 Å². The predicted octanol–water partition coefficient (Wildman–Crippen LogP) is 2.53. The number of ether oxygens (including phenoxy) is 1. The van der Waals surface area contributed by atoms with Gasteiger partial charge < -0.3 is 9.15 Å². The van der Waals surface area contributed by atoms with Crippen molar-refractivity contribution in [2.45, 2.75) is 6.92 Å². The first kappa shape index (κ1) is 12.0. The first-order chi connectivity index (χ1) is 6.72. The van der Waals surface area contributed by atoms with Gasteiger partial charge in [0.05, 0.1) is 18.9 Å². The predicted molar refractivity (Wildman–Crippen MR) is 52.3 cm³/mol. The molecule has 0 unspecified atom stereocenters. The molecule has 0 aliphatic heterocycles. The van der Waals surface area contributed by atoms with Crippen LogP contribution in [0, 0.1) is 6.92 Å². The van der Waals surface area contributed by atoms with Gasteiger partial charge in [-0.05, 0) is 30.7 Å². The van der Waals surface area contributed by atoms with Gasteiger partial charge in [0.25, 0.3) is 0 Å². The Balaban J connectivity index is 0.00000112. The first-order valence-electron chi connectivity index (χ1n) is 4.28. The van der Waals surface area contributed by atoms with E-state index in [2.05, 4.69) is 4.74 Å². The van der Waals surface area contributed by atoms with Crippen LogP contribution in [0.25, 0.3) is 11.0 Å². The van der Waals surface area contributed by atoms with E-state index in [9.17, 15) is 4.79 Å². The average molecular weight is 297 g/mol. The summed E-state index contributed by atoms with van der Waals surface area (Å²) in [5, 5.41) is 1.03. The molecule has 0 aliphatic carbocycles. The molecule has 0 amide bonds. The topological polar surface area (TPSA) is 39.4 Å². The number of rotatable bonds is 1. The van der Waals surface area contributed by atoms with Crippen LogP contribution in [-0.4, -0.2) is 13.1 Å². The van der Waals surface area contributed by atoms with Crippen LogP contribution >= 0.6 is 0 Å². The summed E-state index contributed by atoms with van der Waals surface area (Å²) in [5.74, 6) is -0.346. The van der Waals surface area contributed by atoms with E-state index in [1.807, 2.05) is 13.0 Å². The van der Waals surface area contributed by atoms with Crippen LogP contribution in [0.15, 0.2) is 28.9 Å². The molecular weight excluding hydrogens is 287 g/mol. The molecule has 1 aromatic carbocycles. The molecule has 2 rings (SSSR count). The molecule has 3 nitrogen and oxygen atoms in total. The number of furan rings is 1. The molecule has 2 aromatic rings. The van der Waals surface area contributed by atoms with E-state index in [1.165, 1.54) is 7.11 Å². The third kappa shape index (κ3) is 2.12. The van der Waals surface area contributed by atoms with E-state index in [4.69, 9.17) is 4.42 Å². The van der Waals surface area contributed by atoms with Crippen molar-refractivity contribution in [3.63, 3.8) is 0 Å². The van der Waals surface area contributed by atoms with E-state index in [1.54, 1.807) is 18.4 Å². The van der Waals surface area contributed by atoms with Crippen LogP contribution < -0.4 is 0 Å². The molecular formula is C11H10O3Pd+2. The molecule has 0 bridgehead atoms. The Morgan fingerprint density at radius 1 is 1.40 bits per heavy atom. The maximum absolute atomic E-state index is 11.2. The van der Waals surface area contributed by atoms with Crippen LogP contribution in [0.3, 0.4) is 0 Å². The van der Waals surface area contributed by atoms with Crippen molar-refractivity contribution in [2.75, 3.05) is 7.11 Å². The average Bonchev–Trinajstić information content (AvgIpc) is 2.59. The number of carbonyl (C=O) groups is 1. The SMILES string of the molecule is COC(=O)c1ccc2c(C)coc2c1.[Pd+2]. The molecule has 0 aliphatic rings. The van der Waals surface area contributed by atoms with Crippen LogP contribution in [0.1, 0.15) is 15.9 Å². The number of methoxy groups -OCH3 is 1. The number of aryl methyl sites for hydroxylation is 1. The van der Waals surface area contributed by atoms with Gasteiger partial charge in [0.2, 0.25) is 0 Å². The quantitative estimate of drug-likeness (QED) is 0.600. The summed E-state index contributed by atoms with van der Waals surface area (Å²) in [5.41, 5.74) is 2.29. The Kier molecular flexibility index (Phi) is 3.68. The minimum atomic E-state index is -0.346. The van der Waals surface area contributed by atoms with Crippen molar-refractivity contribution < 1.29 is 34.4 Å². The zero-order valence-corrected chi connectivity index (χ0v) is 9.90. The number of benzene rings is 1. The fourth-order valence-corrected chi connectivity index (χ4v) is 1.41. The number of carbonyl (C=O) groups excluding carboxylic acids is 1. The number of esters is 1. The molecule has 0 radical (unpaired) electrons. The molecule has 80 valence electrons. The van der Waals surface area contributed by atoms with Gasteiger partial charge in [0.1, 0.15) is 5.58 Å². The maximum atomic E-state index is 11.2. The van der Waals surface area contributed by atoms with Crippen LogP contribution in [-0.2, 0) is 25.2 Å². The zero-order valence-electron chi connectivity index (χ0n) is 8.35. The number of hydrogen-bond acceptors (Lipinski definition) is 3. The summed E-state index contributed by atoms with van der Waals surface area (Å²) in [6.07, 6.45) is 1.67. The Morgan fingerprint density at radius 3 is 2.80 bits per heavy atom. The fraction of sp³-hybridized carbons (Fsp3) is 0.182. The standard InChI is InChI=1S/C11H10O3.Pd/c1-7-6-14-10-5-8(11(12)13-2)3-4-9(7)10;/h3-6H,1-2H3;/q;+2. The first-order valence-corrected chi connectivity index (χ1v) is 4.28. The third-order valence-electron chi connectivity index (χ3n) is 2.19. The Hall–Kier alpha value is -1.11. The van der Waals surface area contributed by atoms with Gasteiger partial charge >= 0.3 is 26.4 Å². The van der Waals surface area contributed by atoms with E-state index >= 15 is 0 Å². The maximum Gasteiger partial charge on any atom is 2.00 e. The summed E-state index contributed by atoms with van der Waals surface area (Å²) in [6, 6.07) is 5.28. The zero-order chi connectivity index (χ0) is 10.1. The molecule has 1 aromatic heterocycles. The molecule has 0 saturated carbocycles. The molecule has 1 heterocycles. The second kappa shape index (κ2) is 4.61. The number of fused-ring (bicyclic) bond motifs is 1. The van der Waals surface area contributed by atoms with E-state index < -0.39 is 0 Å². The van der Waals surface area contributed by atoms with Gasteiger partial charge in [0.15, 0.2) is 0 Å². The fourth-order valence-electron chi connectivity index (χ4n) is 1.41. The molecule has 0 fully saturated rings. The minimum absolute atomic E-state index is 0. The minimum Gasteiger partial charge on any atom is -0.465 e. The van der Waals surface area contributed by atoms with Crippen LogP contribution in [0.4, 0.5) is 0 Å². The second-order valence-corrected chi connectivity index (χ2v) is 3.12. The molecule has 4 heteroatoms. The van der Waals surface area contributed by atoms with Crippen molar-refractivity contribution in [1.82, 2.24) is 0 Å². The monoisotopic (exact) mass is 296 g/mol. The number of hydrogen-bond donors (Lipinski definition) is 0. The van der Waals surface area contributed by atoms with Crippen LogP contribution in [0.5, 0.6) is 0 Å². The molecule has 0 spiro atoms. The Labute approximate surface area is 101 Å². The molecule has 0 atom stereocenters. The van der Waals surface area contributed by atoms with Crippen molar-refractivity contribution in [2.24, 2.45) is 0 Å². The second-order valence-electron chi connectivity index (χ2n) is 3.12. The summed E-state index contributed by atoms with van der Waals surface area (Å²) in [4.78, 5) is 11.2. The molecule has 0 N–H and O–H groups in total. The Morgan fingerprint density at radius 2 is 2.13 bits per heavy atom. The van der Waals surface area contributed by atoms with Crippen LogP contribution in [0.2, 0.25) is 0 Å². The summed E-state index contributed by atoms with van der Waals surface area (Å²) < 4.78 is 9.89.